The number of benzene rings is 3. The molecule has 0 saturated heterocycles. The van der Waals surface area contributed by atoms with Crippen LogP contribution in [-0.4, -0.2) is 11.0 Å². The molecule has 0 heterocycles. The summed E-state index contributed by atoms with van der Waals surface area (Å²) in [7, 11) is -4.33. The number of carbonyl (C=O) groups excluding carboxylic acids is 2. The highest BCUT2D eigenvalue weighted by Gasteiger charge is 2.46. The molecular formula is C25H23Cl2O3P. The van der Waals surface area contributed by atoms with Crippen molar-refractivity contribution in [3.05, 3.63) is 97.5 Å². The maximum Gasteiger partial charge on any atom is 0.249 e. The standard InChI is InChI=1S/C25H23Cl2O3P/c1-14-9-10-16(3)21(13-14)31(30,25(29)23-19(26)7-6-8-20(23)27)24(28)22-17(4)11-15(2)12-18(22)5/h6-13H,1-5H3. The van der Waals surface area contributed by atoms with Gasteiger partial charge < -0.3 is 4.57 Å². The molecule has 1 atom stereocenters. The van der Waals surface area contributed by atoms with E-state index in [1.54, 1.807) is 39.0 Å². The van der Waals surface area contributed by atoms with E-state index in [0.29, 0.717) is 22.3 Å². The molecule has 6 heteroatoms. The first-order valence-corrected chi connectivity index (χ1v) is 12.2. The topological polar surface area (TPSA) is 51.2 Å². The first-order valence-electron chi connectivity index (χ1n) is 9.78. The smallest absolute Gasteiger partial charge is 0.249 e. The number of aryl methyl sites for hydroxylation is 5. The van der Waals surface area contributed by atoms with Gasteiger partial charge in [0.2, 0.25) is 18.2 Å². The van der Waals surface area contributed by atoms with Crippen LogP contribution in [0.1, 0.15) is 48.5 Å². The number of carbonyl (C=O) groups is 2. The highest BCUT2D eigenvalue weighted by Crippen LogP contribution is 2.54. The summed E-state index contributed by atoms with van der Waals surface area (Å²) in [4.78, 5) is 27.8. The minimum Gasteiger partial charge on any atom is -0.302 e. The van der Waals surface area contributed by atoms with Crippen LogP contribution < -0.4 is 5.30 Å². The molecule has 31 heavy (non-hydrogen) atoms. The fraction of sp³-hybridized carbons (Fsp3) is 0.200. The van der Waals surface area contributed by atoms with Crippen LogP contribution in [0, 0.1) is 34.6 Å². The molecular weight excluding hydrogens is 450 g/mol. The zero-order valence-corrected chi connectivity index (χ0v) is 20.5. The highest BCUT2D eigenvalue weighted by atomic mass is 35.5. The van der Waals surface area contributed by atoms with E-state index in [0.717, 1.165) is 11.1 Å². The second kappa shape index (κ2) is 8.74. The average molecular weight is 473 g/mol. The molecule has 0 amide bonds. The third kappa shape index (κ3) is 4.15. The Hall–Kier alpha value is -2.19. The second-order valence-electron chi connectivity index (χ2n) is 7.88. The SMILES string of the molecule is Cc1cc(C)c(C(=O)P(=O)(C(=O)c2c(Cl)cccc2Cl)c2cc(C)ccc2C)c(C)c1. The van der Waals surface area contributed by atoms with Crippen molar-refractivity contribution in [1.29, 1.82) is 0 Å². The van der Waals surface area contributed by atoms with E-state index in [2.05, 4.69) is 0 Å². The summed E-state index contributed by atoms with van der Waals surface area (Å²) in [5.41, 5.74) is 2.38. The fourth-order valence-corrected chi connectivity index (χ4v) is 7.41. The summed E-state index contributed by atoms with van der Waals surface area (Å²) in [5, 5.41) is 0.347. The Balaban J connectivity index is 2.39. The lowest BCUT2D eigenvalue weighted by Crippen LogP contribution is -2.24. The van der Waals surface area contributed by atoms with Gasteiger partial charge in [-0.2, -0.15) is 0 Å². The molecule has 0 aliphatic rings. The second-order valence-corrected chi connectivity index (χ2v) is 11.2. The third-order valence-corrected chi connectivity index (χ3v) is 8.72. The normalized spacial score (nSPS) is 13.0. The van der Waals surface area contributed by atoms with E-state index in [9.17, 15) is 14.2 Å². The van der Waals surface area contributed by atoms with Gasteiger partial charge in [-0.25, -0.2) is 0 Å². The number of halogens is 2. The van der Waals surface area contributed by atoms with Crippen LogP contribution in [0.25, 0.3) is 0 Å². The molecule has 0 fully saturated rings. The summed E-state index contributed by atoms with van der Waals surface area (Å²) < 4.78 is 14.7. The van der Waals surface area contributed by atoms with Gasteiger partial charge in [0.25, 0.3) is 0 Å². The molecule has 160 valence electrons. The van der Waals surface area contributed by atoms with Crippen molar-refractivity contribution in [1.82, 2.24) is 0 Å². The number of rotatable bonds is 5. The van der Waals surface area contributed by atoms with Gasteiger partial charge in [-0.3, -0.25) is 9.59 Å². The summed E-state index contributed by atoms with van der Waals surface area (Å²) in [5.74, 6) is 0. The van der Waals surface area contributed by atoms with Gasteiger partial charge in [0, 0.05) is 10.9 Å². The first-order chi connectivity index (χ1) is 14.5. The Morgan fingerprint density at radius 3 is 1.74 bits per heavy atom. The van der Waals surface area contributed by atoms with Crippen LogP contribution in [0.15, 0.2) is 48.5 Å². The van der Waals surface area contributed by atoms with Crippen LogP contribution in [-0.2, 0) is 4.57 Å². The Morgan fingerprint density at radius 1 is 0.677 bits per heavy atom. The van der Waals surface area contributed by atoms with Gasteiger partial charge in [0.05, 0.1) is 15.6 Å². The molecule has 3 nitrogen and oxygen atoms in total. The van der Waals surface area contributed by atoms with E-state index < -0.39 is 18.2 Å². The van der Waals surface area contributed by atoms with Crippen molar-refractivity contribution < 1.29 is 14.2 Å². The van der Waals surface area contributed by atoms with Crippen molar-refractivity contribution in [3.63, 3.8) is 0 Å². The molecule has 0 spiro atoms. The third-order valence-electron chi connectivity index (χ3n) is 5.34. The molecule has 0 saturated carbocycles. The molecule has 0 aliphatic carbocycles. The van der Waals surface area contributed by atoms with Crippen LogP contribution in [0.2, 0.25) is 10.0 Å². The summed E-state index contributed by atoms with van der Waals surface area (Å²) in [6.45, 7) is 9.06. The molecule has 3 aromatic rings. The van der Waals surface area contributed by atoms with Gasteiger partial charge in [-0.1, -0.05) is 64.7 Å². The zero-order valence-electron chi connectivity index (χ0n) is 18.0. The van der Waals surface area contributed by atoms with E-state index in [4.69, 9.17) is 23.2 Å². The van der Waals surface area contributed by atoms with Gasteiger partial charge >= 0.3 is 0 Å². The monoisotopic (exact) mass is 472 g/mol. The lowest BCUT2D eigenvalue weighted by atomic mass is 10.0. The first kappa shape index (κ1) is 23.5. The molecule has 0 radical (unpaired) electrons. The zero-order chi connectivity index (χ0) is 23.1. The Bertz CT molecular complexity index is 1230. The average Bonchev–Trinajstić information content (AvgIpc) is 2.68. The maximum absolute atomic E-state index is 14.7. The molecule has 0 N–H and O–H groups in total. The molecule has 0 aliphatic heterocycles. The molecule has 1 unspecified atom stereocenters. The Morgan fingerprint density at radius 2 is 1.19 bits per heavy atom. The fourth-order valence-electron chi connectivity index (χ4n) is 3.90. The lowest BCUT2D eigenvalue weighted by molar-refractivity contribution is 0.104. The van der Waals surface area contributed by atoms with E-state index in [-0.39, 0.29) is 20.9 Å². The maximum atomic E-state index is 14.7. The van der Waals surface area contributed by atoms with Gasteiger partial charge in [0.15, 0.2) is 0 Å². The van der Waals surface area contributed by atoms with E-state index in [1.807, 2.05) is 32.0 Å². The highest BCUT2D eigenvalue weighted by molar-refractivity contribution is 8.01. The quantitative estimate of drug-likeness (QED) is 0.368. The number of hydrogen-bond donors (Lipinski definition) is 0. The van der Waals surface area contributed by atoms with Gasteiger partial charge in [0.1, 0.15) is 0 Å². The van der Waals surface area contributed by atoms with Crippen LogP contribution in [0.3, 0.4) is 0 Å². The lowest BCUT2D eigenvalue weighted by Gasteiger charge is -2.22. The summed E-state index contributed by atoms with van der Waals surface area (Å²) >= 11 is 12.6. The molecule has 3 rings (SSSR count). The predicted octanol–water partition coefficient (Wildman–Crippen LogP) is 7.20. The summed E-state index contributed by atoms with van der Waals surface area (Å²) in [6.07, 6.45) is 0. The van der Waals surface area contributed by atoms with Crippen molar-refractivity contribution >= 4 is 46.7 Å². The summed E-state index contributed by atoms with van der Waals surface area (Å²) in [6, 6.07) is 13.6. The Kier molecular flexibility index (Phi) is 6.62. The van der Waals surface area contributed by atoms with Gasteiger partial charge in [-0.15, -0.1) is 0 Å². The van der Waals surface area contributed by atoms with Crippen molar-refractivity contribution in [2.24, 2.45) is 0 Å². The Labute approximate surface area is 192 Å². The molecule has 0 bridgehead atoms. The minimum atomic E-state index is -4.33. The van der Waals surface area contributed by atoms with E-state index in [1.165, 1.54) is 12.1 Å². The van der Waals surface area contributed by atoms with Gasteiger partial charge in [-0.05, 0) is 69.5 Å². The largest absolute Gasteiger partial charge is 0.302 e. The van der Waals surface area contributed by atoms with E-state index >= 15 is 0 Å². The molecule has 0 aromatic heterocycles. The minimum absolute atomic E-state index is 0.0631. The van der Waals surface area contributed by atoms with Crippen LogP contribution in [0.4, 0.5) is 0 Å². The van der Waals surface area contributed by atoms with Crippen molar-refractivity contribution in [2.75, 3.05) is 0 Å². The van der Waals surface area contributed by atoms with Crippen molar-refractivity contribution in [3.8, 4) is 0 Å². The number of hydrogen-bond acceptors (Lipinski definition) is 3. The van der Waals surface area contributed by atoms with Crippen molar-refractivity contribution in [2.45, 2.75) is 34.6 Å². The van der Waals surface area contributed by atoms with Crippen LogP contribution >= 0.6 is 30.3 Å². The molecule has 3 aromatic carbocycles. The predicted molar refractivity (Wildman–Crippen MR) is 129 cm³/mol. The van der Waals surface area contributed by atoms with Crippen LogP contribution in [0.5, 0.6) is 0 Å².